The lowest BCUT2D eigenvalue weighted by molar-refractivity contribution is 0.607. The van der Waals surface area contributed by atoms with Crippen molar-refractivity contribution in [3.8, 4) is 5.82 Å². The van der Waals surface area contributed by atoms with Gasteiger partial charge in [0.15, 0.2) is 5.96 Å². The summed E-state index contributed by atoms with van der Waals surface area (Å²) in [7, 11) is 1.71. The third-order valence-corrected chi connectivity index (χ3v) is 4.34. The molecule has 3 aromatic rings. The number of nitrogens with one attached hydrogen (secondary N) is 2. The van der Waals surface area contributed by atoms with Gasteiger partial charge in [-0.2, -0.15) is 0 Å². The van der Waals surface area contributed by atoms with Gasteiger partial charge in [-0.05, 0) is 37.1 Å². The second-order valence-corrected chi connectivity index (χ2v) is 6.26. The minimum atomic E-state index is -0.204. The second-order valence-electron chi connectivity index (χ2n) is 6.26. The predicted molar refractivity (Wildman–Crippen MR) is 104 cm³/mol. The molecule has 6 nitrogen and oxygen atoms in total. The van der Waals surface area contributed by atoms with Gasteiger partial charge in [-0.1, -0.05) is 18.2 Å². The van der Waals surface area contributed by atoms with Crippen LogP contribution in [-0.4, -0.2) is 27.5 Å². The standard InChI is InChI=1S/C20H23FN6/c1-14-6-7-16(11-18(14)21)15(2)26-20(22-3)25-12-17-5-4-8-24-19(17)27-10-9-23-13-27/h4-11,13,15H,12H2,1-3H3,(H2,22,25,26). The Labute approximate surface area is 158 Å². The molecule has 0 saturated heterocycles. The summed E-state index contributed by atoms with van der Waals surface area (Å²) in [4.78, 5) is 12.8. The van der Waals surface area contributed by atoms with Crippen LogP contribution in [0.2, 0.25) is 0 Å². The van der Waals surface area contributed by atoms with Crippen LogP contribution in [0.3, 0.4) is 0 Å². The molecule has 0 aliphatic carbocycles. The molecule has 0 saturated carbocycles. The van der Waals surface area contributed by atoms with Crippen LogP contribution < -0.4 is 10.6 Å². The number of halogens is 1. The number of rotatable bonds is 5. The lowest BCUT2D eigenvalue weighted by atomic mass is 10.1. The number of guanidine groups is 1. The zero-order valence-corrected chi connectivity index (χ0v) is 15.6. The maximum atomic E-state index is 13.8. The van der Waals surface area contributed by atoms with Crippen molar-refractivity contribution in [3.05, 3.63) is 77.8 Å². The molecular weight excluding hydrogens is 343 g/mol. The highest BCUT2D eigenvalue weighted by molar-refractivity contribution is 5.80. The van der Waals surface area contributed by atoms with E-state index in [4.69, 9.17) is 0 Å². The molecule has 1 atom stereocenters. The summed E-state index contributed by atoms with van der Waals surface area (Å²) in [6.07, 6.45) is 7.04. The van der Waals surface area contributed by atoms with E-state index < -0.39 is 0 Å². The van der Waals surface area contributed by atoms with Crippen molar-refractivity contribution in [1.29, 1.82) is 0 Å². The molecular formula is C20H23FN6. The van der Waals surface area contributed by atoms with Crippen LogP contribution in [0.5, 0.6) is 0 Å². The van der Waals surface area contributed by atoms with E-state index in [1.165, 1.54) is 0 Å². The van der Waals surface area contributed by atoms with Crippen molar-refractivity contribution in [3.63, 3.8) is 0 Å². The first-order valence-electron chi connectivity index (χ1n) is 8.74. The van der Waals surface area contributed by atoms with E-state index in [1.54, 1.807) is 44.8 Å². The maximum absolute atomic E-state index is 13.8. The molecule has 1 aromatic carbocycles. The van der Waals surface area contributed by atoms with E-state index in [2.05, 4.69) is 25.6 Å². The number of aromatic nitrogens is 3. The van der Waals surface area contributed by atoms with Crippen molar-refractivity contribution in [2.75, 3.05) is 7.05 Å². The van der Waals surface area contributed by atoms with E-state index in [0.717, 1.165) is 16.9 Å². The van der Waals surface area contributed by atoms with E-state index in [0.29, 0.717) is 18.1 Å². The Kier molecular flexibility index (Phi) is 5.80. The number of pyridine rings is 1. The topological polar surface area (TPSA) is 67.1 Å². The fraction of sp³-hybridized carbons (Fsp3) is 0.250. The fourth-order valence-electron chi connectivity index (χ4n) is 2.73. The largest absolute Gasteiger partial charge is 0.352 e. The molecule has 0 aliphatic rings. The van der Waals surface area contributed by atoms with Crippen molar-refractivity contribution in [2.45, 2.75) is 26.4 Å². The van der Waals surface area contributed by atoms with Crippen molar-refractivity contribution in [2.24, 2.45) is 4.99 Å². The summed E-state index contributed by atoms with van der Waals surface area (Å²) in [5, 5.41) is 6.57. The molecule has 7 heteroatoms. The van der Waals surface area contributed by atoms with Crippen LogP contribution in [0.1, 0.15) is 29.7 Å². The fourth-order valence-corrected chi connectivity index (χ4v) is 2.73. The van der Waals surface area contributed by atoms with Gasteiger partial charge in [-0.25, -0.2) is 14.4 Å². The first kappa shape index (κ1) is 18.6. The molecule has 3 rings (SSSR count). The van der Waals surface area contributed by atoms with Crippen LogP contribution in [0.4, 0.5) is 4.39 Å². The lowest BCUT2D eigenvalue weighted by Crippen LogP contribution is -2.38. The first-order chi connectivity index (χ1) is 13.1. The number of aryl methyl sites for hydroxylation is 1. The molecule has 2 N–H and O–H groups in total. The minimum Gasteiger partial charge on any atom is -0.352 e. The first-order valence-corrected chi connectivity index (χ1v) is 8.74. The number of imidazole rings is 1. The zero-order valence-electron chi connectivity index (χ0n) is 15.6. The van der Waals surface area contributed by atoms with Gasteiger partial charge in [0.1, 0.15) is 18.0 Å². The van der Waals surface area contributed by atoms with E-state index in [1.807, 2.05) is 35.9 Å². The number of hydrogen-bond acceptors (Lipinski definition) is 3. The van der Waals surface area contributed by atoms with E-state index >= 15 is 0 Å². The molecule has 0 fully saturated rings. The summed E-state index contributed by atoms with van der Waals surface area (Å²) < 4.78 is 15.7. The highest BCUT2D eigenvalue weighted by atomic mass is 19.1. The maximum Gasteiger partial charge on any atom is 0.191 e. The predicted octanol–water partition coefficient (Wildman–Crippen LogP) is 3.14. The Morgan fingerprint density at radius 3 is 2.85 bits per heavy atom. The molecule has 0 amide bonds. The lowest BCUT2D eigenvalue weighted by Gasteiger charge is -2.19. The second kappa shape index (κ2) is 8.44. The summed E-state index contributed by atoms with van der Waals surface area (Å²) in [5.74, 6) is 1.24. The van der Waals surface area contributed by atoms with Crippen LogP contribution in [-0.2, 0) is 6.54 Å². The number of aliphatic imine (C=N–C) groups is 1. The smallest absolute Gasteiger partial charge is 0.191 e. The third-order valence-electron chi connectivity index (χ3n) is 4.34. The van der Waals surface area contributed by atoms with E-state index in [-0.39, 0.29) is 11.9 Å². The third kappa shape index (κ3) is 4.49. The monoisotopic (exact) mass is 366 g/mol. The molecule has 2 heterocycles. The minimum absolute atomic E-state index is 0.0895. The summed E-state index contributed by atoms with van der Waals surface area (Å²) in [6.45, 7) is 4.26. The highest BCUT2D eigenvalue weighted by Crippen LogP contribution is 2.16. The van der Waals surface area contributed by atoms with Gasteiger partial charge in [-0.15, -0.1) is 0 Å². The van der Waals surface area contributed by atoms with Gasteiger partial charge >= 0.3 is 0 Å². The van der Waals surface area contributed by atoms with Crippen LogP contribution in [0, 0.1) is 12.7 Å². The normalized spacial score (nSPS) is 12.7. The van der Waals surface area contributed by atoms with Gasteiger partial charge in [-0.3, -0.25) is 9.56 Å². The molecule has 2 aromatic heterocycles. The molecule has 0 radical (unpaired) electrons. The molecule has 0 spiro atoms. The Balaban J connectivity index is 1.67. The Morgan fingerprint density at radius 2 is 2.15 bits per heavy atom. The van der Waals surface area contributed by atoms with Crippen LogP contribution in [0.15, 0.2) is 60.2 Å². The van der Waals surface area contributed by atoms with Crippen LogP contribution in [0.25, 0.3) is 5.82 Å². The molecule has 0 aliphatic heterocycles. The quantitative estimate of drug-likeness (QED) is 0.538. The number of nitrogens with zero attached hydrogens (tertiary/aromatic N) is 4. The SMILES string of the molecule is CN=C(NCc1cccnc1-n1ccnc1)NC(C)c1ccc(C)c(F)c1. The Hall–Kier alpha value is -3.22. The van der Waals surface area contributed by atoms with Gasteiger partial charge < -0.3 is 10.6 Å². The summed E-state index contributed by atoms with van der Waals surface area (Å²) in [5.41, 5.74) is 2.51. The number of benzene rings is 1. The van der Waals surface area contributed by atoms with Crippen molar-refractivity contribution < 1.29 is 4.39 Å². The summed E-state index contributed by atoms with van der Waals surface area (Å²) in [6, 6.07) is 9.06. The molecule has 1 unspecified atom stereocenters. The van der Waals surface area contributed by atoms with Crippen LogP contribution >= 0.6 is 0 Å². The molecule has 140 valence electrons. The van der Waals surface area contributed by atoms with Gasteiger partial charge in [0.2, 0.25) is 0 Å². The average molecular weight is 366 g/mol. The van der Waals surface area contributed by atoms with Crippen molar-refractivity contribution in [1.82, 2.24) is 25.2 Å². The Morgan fingerprint density at radius 1 is 1.30 bits per heavy atom. The summed E-state index contributed by atoms with van der Waals surface area (Å²) >= 11 is 0. The number of hydrogen-bond donors (Lipinski definition) is 2. The molecule has 27 heavy (non-hydrogen) atoms. The van der Waals surface area contributed by atoms with E-state index in [9.17, 15) is 4.39 Å². The Bertz CT molecular complexity index is 920. The molecule has 0 bridgehead atoms. The highest BCUT2D eigenvalue weighted by Gasteiger charge is 2.11. The van der Waals surface area contributed by atoms with Crippen molar-refractivity contribution >= 4 is 5.96 Å². The zero-order chi connectivity index (χ0) is 19.2. The van der Waals surface area contributed by atoms with Gasteiger partial charge in [0.25, 0.3) is 0 Å². The average Bonchev–Trinajstić information content (AvgIpc) is 3.22. The van der Waals surface area contributed by atoms with Gasteiger partial charge in [0, 0.05) is 37.7 Å². The van der Waals surface area contributed by atoms with Gasteiger partial charge in [0.05, 0.1) is 6.04 Å².